The van der Waals surface area contributed by atoms with Gasteiger partial charge in [-0.3, -0.25) is 4.79 Å². The second-order valence-corrected chi connectivity index (χ2v) is 7.76. The summed E-state index contributed by atoms with van der Waals surface area (Å²) in [6.45, 7) is 5.81. The van der Waals surface area contributed by atoms with Gasteiger partial charge < -0.3 is 10.6 Å². The molecule has 0 aliphatic heterocycles. The molecule has 0 spiro atoms. The van der Waals surface area contributed by atoms with E-state index in [0.717, 1.165) is 59.7 Å². The molecule has 3 aromatic rings. The monoisotopic (exact) mass is 392 g/mol. The van der Waals surface area contributed by atoms with Crippen LogP contribution in [-0.2, 0) is 4.79 Å². The van der Waals surface area contributed by atoms with Crippen molar-refractivity contribution >= 4 is 22.8 Å². The molecule has 2 heterocycles. The van der Waals surface area contributed by atoms with Gasteiger partial charge in [0.1, 0.15) is 11.6 Å². The maximum Gasteiger partial charge on any atom is 0.219 e. The van der Waals surface area contributed by atoms with Gasteiger partial charge in [-0.25, -0.2) is 14.6 Å². The van der Waals surface area contributed by atoms with Crippen LogP contribution < -0.4 is 10.6 Å². The van der Waals surface area contributed by atoms with Gasteiger partial charge in [0.05, 0.1) is 16.8 Å². The van der Waals surface area contributed by atoms with Crippen LogP contribution in [0.3, 0.4) is 0 Å². The molecule has 0 radical (unpaired) electrons. The first-order valence-corrected chi connectivity index (χ1v) is 10.4. The Morgan fingerprint density at radius 3 is 2.45 bits per heavy atom. The van der Waals surface area contributed by atoms with E-state index in [1.54, 1.807) is 0 Å². The number of carbonyl (C=O) groups is 1. The summed E-state index contributed by atoms with van der Waals surface area (Å²) in [5.74, 6) is 1.72. The van der Waals surface area contributed by atoms with Gasteiger partial charge in [0.25, 0.3) is 0 Å². The van der Waals surface area contributed by atoms with E-state index in [2.05, 4.69) is 15.6 Å². The minimum atomic E-state index is 0.137. The molecule has 4 rings (SSSR count). The lowest BCUT2D eigenvalue weighted by molar-refractivity contribution is -0.121. The number of carbonyl (C=O) groups excluding carboxylic acids is 1. The first-order valence-electron chi connectivity index (χ1n) is 10.4. The van der Waals surface area contributed by atoms with Crippen molar-refractivity contribution < 1.29 is 4.79 Å². The number of benzene rings is 1. The van der Waals surface area contributed by atoms with E-state index >= 15 is 0 Å². The summed E-state index contributed by atoms with van der Waals surface area (Å²) in [5, 5.41) is 12.5. The number of hydrogen-bond donors (Lipinski definition) is 2. The number of aromatic nitrogens is 4. The summed E-state index contributed by atoms with van der Waals surface area (Å²) < 4.78 is 1.89. The lowest BCUT2D eigenvalue weighted by atomic mass is 9.91. The van der Waals surface area contributed by atoms with Gasteiger partial charge in [-0.2, -0.15) is 5.10 Å². The Bertz CT molecular complexity index is 1010. The fraction of sp³-hybridized carbons (Fsp3) is 0.455. The summed E-state index contributed by atoms with van der Waals surface area (Å²) in [6.07, 6.45) is 4.52. The van der Waals surface area contributed by atoms with E-state index in [9.17, 15) is 4.79 Å². The normalized spacial score (nSPS) is 19.3. The Kier molecular flexibility index (Phi) is 5.47. The fourth-order valence-electron chi connectivity index (χ4n) is 4.05. The van der Waals surface area contributed by atoms with Crippen molar-refractivity contribution in [1.29, 1.82) is 0 Å². The standard InChI is InChI=1S/C22H28N6O/c1-4-19(29)25-16-10-12-17(13-11-16)26-21-20-14(2)27-28(18-8-6-5-7-9-18)22(20)24-15(3)23-21/h5-9,16-17H,4,10-13H2,1-3H3,(H,25,29)(H,23,24,26). The van der Waals surface area contributed by atoms with E-state index in [-0.39, 0.29) is 11.9 Å². The molecule has 1 aliphatic carbocycles. The molecule has 0 unspecified atom stereocenters. The topological polar surface area (TPSA) is 84.7 Å². The molecule has 2 N–H and O–H groups in total. The summed E-state index contributed by atoms with van der Waals surface area (Å²) in [5.41, 5.74) is 2.73. The molecule has 1 fully saturated rings. The summed E-state index contributed by atoms with van der Waals surface area (Å²) in [6, 6.07) is 10.7. The number of nitrogens with zero attached hydrogens (tertiary/aromatic N) is 4. The minimum Gasteiger partial charge on any atom is -0.367 e. The number of para-hydroxylation sites is 1. The smallest absolute Gasteiger partial charge is 0.219 e. The first kappa shape index (κ1) is 19.4. The third-order valence-electron chi connectivity index (χ3n) is 5.57. The Balaban J connectivity index is 1.57. The maximum atomic E-state index is 11.6. The molecule has 29 heavy (non-hydrogen) atoms. The Hall–Kier alpha value is -2.96. The molecule has 7 heteroatoms. The van der Waals surface area contributed by atoms with Gasteiger partial charge in [0.15, 0.2) is 5.65 Å². The number of nitrogens with one attached hydrogen (secondary N) is 2. The van der Waals surface area contributed by atoms with Crippen LogP contribution in [0.5, 0.6) is 0 Å². The van der Waals surface area contributed by atoms with E-state index in [1.807, 2.05) is 55.8 Å². The average Bonchev–Trinajstić information content (AvgIpc) is 3.06. The van der Waals surface area contributed by atoms with Crippen LogP contribution in [0.25, 0.3) is 16.7 Å². The lowest BCUT2D eigenvalue weighted by Gasteiger charge is -2.30. The lowest BCUT2D eigenvalue weighted by Crippen LogP contribution is -2.39. The Morgan fingerprint density at radius 2 is 1.76 bits per heavy atom. The van der Waals surface area contributed by atoms with Gasteiger partial charge in [0, 0.05) is 18.5 Å². The van der Waals surface area contributed by atoms with Gasteiger partial charge in [-0.15, -0.1) is 0 Å². The Labute approximate surface area is 170 Å². The van der Waals surface area contributed by atoms with Crippen molar-refractivity contribution in [1.82, 2.24) is 25.1 Å². The van der Waals surface area contributed by atoms with Gasteiger partial charge in [-0.1, -0.05) is 25.1 Å². The molecule has 1 saturated carbocycles. The molecular formula is C22H28N6O. The zero-order valence-electron chi connectivity index (χ0n) is 17.3. The van der Waals surface area contributed by atoms with Gasteiger partial charge in [0.2, 0.25) is 5.91 Å². The number of fused-ring (bicyclic) bond motifs is 1. The highest BCUT2D eigenvalue weighted by Gasteiger charge is 2.24. The molecule has 2 aromatic heterocycles. The van der Waals surface area contributed by atoms with Crippen molar-refractivity contribution in [2.45, 2.75) is 65.0 Å². The van der Waals surface area contributed by atoms with Crippen molar-refractivity contribution in [3.8, 4) is 5.69 Å². The number of aryl methyl sites for hydroxylation is 2. The van der Waals surface area contributed by atoms with E-state index in [4.69, 9.17) is 10.1 Å². The largest absolute Gasteiger partial charge is 0.367 e. The van der Waals surface area contributed by atoms with Crippen molar-refractivity contribution in [2.24, 2.45) is 0 Å². The van der Waals surface area contributed by atoms with Gasteiger partial charge in [-0.05, 0) is 51.7 Å². The SMILES string of the molecule is CCC(=O)NC1CCC(Nc2nc(C)nc3c2c(C)nn3-c2ccccc2)CC1. The molecule has 0 atom stereocenters. The van der Waals surface area contributed by atoms with Crippen LogP contribution in [0.1, 0.15) is 50.5 Å². The average molecular weight is 393 g/mol. The molecular weight excluding hydrogens is 364 g/mol. The second-order valence-electron chi connectivity index (χ2n) is 7.76. The highest BCUT2D eigenvalue weighted by Crippen LogP contribution is 2.29. The van der Waals surface area contributed by atoms with Crippen LogP contribution in [-0.4, -0.2) is 37.7 Å². The minimum absolute atomic E-state index is 0.137. The van der Waals surface area contributed by atoms with Crippen molar-refractivity contribution in [3.63, 3.8) is 0 Å². The zero-order valence-corrected chi connectivity index (χ0v) is 17.3. The van der Waals surface area contributed by atoms with Crippen molar-refractivity contribution in [3.05, 3.63) is 41.9 Å². The van der Waals surface area contributed by atoms with Gasteiger partial charge >= 0.3 is 0 Å². The predicted molar refractivity (Wildman–Crippen MR) is 114 cm³/mol. The second kappa shape index (κ2) is 8.19. The summed E-state index contributed by atoms with van der Waals surface area (Å²) in [4.78, 5) is 21.0. The summed E-state index contributed by atoms with van der Waals surface area (Å²) >= 11 is 0. The third-order valence-corrected chi connectivity index (χ3v) is 5.57. The van der Waals surface area contributed by atoms with Crippen molar-refractivity contribution in [2.75, 3.05) is 5.32 Å². The number of anilines is 1. The molecule has 1 amide bonds. The van der Waals surface area contributed by atoms with Crippen LogP contribution in [0, 0.1) is 13.8 Å². The quantitative estimate of drug-likeness (QED) is 0.692. The van der Waals surface area contributed by atoms with Crippen LogP contribution in [0.15, 0.2) is 30.3 Å². The number of amides is 1. The van der Waals surface area contributed by atoms with Crippen LogP contribution in [0.2, 0.25) is 0 Å². The van der Waals surface area contributed by atoms with Crippen LogP contribution in [0.4, 0.5) is 5.82 Å². The Morgan fingerprint density at radius 1 is 1.07 bits per heavy atom. The summed E-state index contributed by atoms with van der Waals surface area (Å²) in [7, 11) is 0. The molecule has 1 aromatic carbocycles. The highest BCUT2D eigenvalue weighted by molar-refractivity contribution is 5.90. The molecule has 1 aliphatic rings. The number of rotatable bonds is 5. The molecule has 0 saturated heterocycles. The first-order chi connectivity index (χ1) is 14.0. The highest BCUT2D eigenvalue weighted by atomic mass is 16.1. The third kappa shape index (κ3) is 4.09. The fourth-order valence-corrected chi connectivity index (χ4v) is 4.05. The van der Waals surface area contributed by atoms with Crippen LogP contribution >= 0.6 is 0 Å². The van der Waals surface area contributed by atoms with E-state index in [1.165, 1.54) is 0 Å². The zero-order chi connectivity index (χ0) is 20.4. The number of hydrogen-bond acceptors (Lipinski definition) is 5. The maximum absolute atomic E-state index is 11.6. The predicted octanol–water partition coefficient (Wildman–Crippen LogP) is 3.68. The van der Waals surface area contributed by atoms with E-state index < -0.39 is 0 Å². The molecule has 0 bridgehead atoms. The molecule has 7 nitrogen and oxygen atoms in total. The molecule has 152 valence electrons. The van der Waals surface area contributed by atoms with E-state index in [0.29, 0.717) is 12.5 Å².